The standard InChI is InChI=1S/C16H24N4OS.HI/c1-17-15(18-7-5-13-4-2-9-22-13)20-8-3-6-16(12-20)10-14(21)19-11-16;/h2,4,9H,3,5-8,10-12H2,1H3,(H,17,18)(H,19,21);1H. The molecule has 2 N–H and O–H groups in total. The van der Waals surface area contributed by atoms with Crippen molar-refractivity contribution in [3.05, 3.63) is 22.4 Å². The summed E-state index contributed by atoms with van der Waals surface area (Å²) in [5.41, 5.74) is 0.112. The number of likely N-dealkylation sites (tertiary alicyclic amines) is 1. The van der Waals surface area contributed by atoms with E-state index >= 15 is 0 Å². The number of thiophene rings is 1. The molecule has 1 aromatic heterocycles. The van der Waals surface area contributed by atoms with Crippen molar-refractivity contribution in [2.24, 2.45) is 10.4 Å². The largest absolute Gasteiger partial charge is 0.356 e. The molecule has 3 rings (SSSR count). The first-order valence-corrected chi connectivity index (χ1v) is 8.83. The third-order valence-electron chi connectivity index (χ3n) is 4.60. The molecule has 1 aromatic rings. The zero-order chi connectivity index (χ0) is 15.4. The van der Waals surface area contributed by atoms with Gasteiger partial charge in [-0.15, -0.1) is 35.3 Å². The van der Waals surface area contributed by atoms with Gasteiger partial charge < -0.3 is 15.5 Å². The van der Waals surface area contributed by atoms with Crippen molar-refractivity contribution in [2.75, 3.05) is 33.2 Å². The molecule has 7 heteroatoms. The lowest BCUT2D eigenvalue weighted by atomic mass is 9.79. The van der Waals surface area contributed by atoms with Gasteiger partial charge in [0.15, 0.2) is 5.96 Å². The number of hydrogen-bond donors (Lipinski definition) is 2. The summed E-state index contributed by atoms with van der Waals surface area (Å²) in [5.74, 6) is 1.16. The zero-order valence-corrected chi connectivity index (χ0v) is 16.7. The minimum absolute atomic E-state index is 0. The maximum absolute atomic E-state index is 11.6. The Bertz CT molecular complexity index is 548. The van der Waals surface area contributed by atoms with Crippen LogP contribution in [0, 0.1) is 5.41 Å². The summed E-state index contributed by atoms with van der Waals surface area (Å²) in [5, 5.41) is 8.58. The SMILES string of the molecule is CN=C(NCCc1cccs1)N1CCCC2(CNC(=O)C2)C1.I. The number of nitrogens with one attached hydrogen (secondary N) is 2. The number of piperidine rings is 1. The van der Waals surface area contributed by atoms with Gasteiger partial charge in [0.2, 0.25) is 5.91 Å². The number of carbonyl (C=O) groups excluding carboxylic acids is 1. The van der Waals surface area contributed by atoms with Crippen molar-refractivity contribution in [2.45, 2.75) is 25.7 Å². The highest BCUT2D eigenvalue weighted by Gasteiger charge is 2.42. The Labute approximate surface area is 158 Å². The average molecular weight is 448 g/mol. The number of hydrogen-bond acceptors (Lipinski definition) is 3. The second kappa shape index (κ2) is 8.32. The minimum Gasteiger partial charge on any atom is -0.356 e. The van der Waals surface area contributed by atoms with Crippen LogP contribution in [-0.4, -0.2) is 50.0 Å². The smallest absolute Gasteiger partial charge is 0.220 e. The van der Waals surface area contributed by atoms with Crippen LogP contribution in [0.15, 0.2) is 22.5 Å². The van der Waals surface area contributed by atoms with E-state index in [2.05, 4.69) is 38.0 Å². The van der Waals surface area contributed by atoms with E-state index in [-0.39, 0.29) is 35.3 Å². The molecular weight excluding hydrogens is 423 g/mol. The molecule has 0 aliphatic carbocycles. The number of aliphatic imine (C=N–C) groups is 1. The van der Waals surface area contributed by atoms with Crippen LogP contribution in [0.4, 0.5) is 0 Å². The fourth-order valence-corrected chi connectivity index (χ4v) is 4.22. The predicted octanol–water partition coefficient (Wildman–Crippen LogP) is 2.09. The number of amides is 1. The van der Waals surface area contributed by atoms with Crippen molar-refractivity contribution in [3.63, 3.8) is 0 Å². The van der Waals surface area contributed by atoms with Crippen LogP contribution in [-0.2, 0) is 11.2 Å². The second-order valence-electron chi connectivity index (χ2n) is 6.28. The maximum Gasteiger partial charge on any atom is 0.220 e. The highest BCUT2D eigenvalue weighted by molar-refractivity contribution is 14.0. The number of rotatable bonds is 3. The summed E-state index contributed by atoms with van der Waals surface area (Å²) in [6.07, 6.45) is 3.94. The van der Waals surface area contributed by atoms with Crippen molar-refractivity contribution < 1.29 is 4.79 Å². The first-order valence-electron chi connectivity index (χ1n) is 7.95. The molecule has 0 saturated carbocycles. The van der Waals surface area contributed by atoms with Crippen molar-refractivity contribution in [3.8, 4) is 0 Å². The number of guanidine groups is 1. The molecule has 1 spiro atoms. The summed E-state index contributed by atoms with van der Waals surface area (Å²) in [6, 6.07) is 4.26. The molecule has 5 nitrogen and oxygen atoms in total. The Morgan fingerprint density at radius 3 is 3.09 bits per heavy atom. The quantitative estimate of drug-likeness (QED) is 0.423. The molecule has 0 bridgehead atoms. The lowest BCUT2D eigenvalue weighted by Crippen LogP contribution is -2.51. The van der Waals surface area contributed by atoms with Crippen LogP contribution in [0.1, 0.15) is 24.1 Å². The van der Waals surface area contributed by atoms with Crippen molar-refractivity contribution in [1.29, 1.82) is 0 Å². The number of nitrogens with zero attached hydrogens (tertiary/aromatic N) is 2. The van der Waals surface area contributed by atoms with E-state index in [1.54, 1.807) is 11.3 Å². The third kappa shape index (κ3) is 4.59. The Kier molecular flexibility index (Phi) is 6.70. The molecule has 128 valence electrons. The van der Waals surface area contributed by atoms with Gasteiger partial charge in [-0.05, 0) is 30.7 Å². The van der Waals surface area contributed by atoms with E-state index in [9.17, 15) is 4.79 Å². The van der Waals surface area contributed by atoms with E-state index in [0.717, 1.165) is 51.4 Å². The van der Waals surface area contributed by atoms with E-state index < -0.39 is 0 Å². The predicted molar refractivity (Wildman–Crippen MR) is 106 cm³/mol. The highest BCUT2D eigenvalue weighted by atomic mass is 127. The van der Waals surface area contributed by atoms with Crippen LogP contribution in [0.3, 0.4) is 0 Å². The second-order valence-corrected chi connectivity index (χ2v) is 7.31. The average Bonchev–Trinajstić information content (AvgIpc) is 3.14. The summed E-state index contributed by atoms with van der Waals surface area (Å²) in [4.78, 5) is 19.7. The van der Waals surface area contributed by atoms with Crippen LogP contribution in [0.2, 0.25) is 0 Å². The molecule has 0 radical (unpaired) electrons. The molecule has 3 heterocycles. The topological polar surface area (TPSA) is 56.7 Å². The molecule has 2 fully saturated rings. The van der Waals surface area contributed by atoms with Crippen LogP contribution in [0.5, 0.6) is 0 Å². The van der Waals surface area contributed by atoms with Gasteiger partial charge in [0, 0.05) is 49.9 Å². The molecule has 1 amide bonds. The van der Waals surface area contributed by atoms with Gasteiger partial charge in [-0.1, -0.05) is 6.07 Å². The van der Waals surface area contributed by atoms with Gasteiger partial charge in [0.05, 0.1) is 0 Å². The van der Waals surface area contributed by atoms with Gasteiger partial charge in [-0.3, -0.25) is 9.79 Å². The monoisotopic (exact) mass is 448 g/mol. The summed E-state index contributed by atoms with van der Waals surface area (Å²) < 4.78 is 0. The van der Waals surface area contributed by atoms with Gasteiger partial charge in [-0.2, -0.15) is 0 Å². The van der Waals surface area contributed by atoms with Gasteiger partial charge >= 0.3 is 0 Å². The van der Waals surface area contributed by atoms with Crippen LogP contribution >= 0.6 is 35.3 Å². The number of carbonyl (C=O) groups is 1. The van der Waals surface area contributed by atoms with Gasteiger partial charge in [0.25, 0.3) is 0 Å². The third-order valence-corrected chi connectivity index (χ3v) is 5.54. The Morgan fingerprint density at radius 2 is 2.43 bits per heavy atom. The van der Waals surface area contributed by atoms with Crippen molar-refractivity contribution >= 4 is 47.2 Å². The molecule has 2 aliphatic rings. The fourth-order valence-electron chi connectivity index (χ4n) is 3.51. The Balaban J connectivity index is 0.00000192. The fraction of sp³-hybridized carbons (Fsp3) is 0.625. The molecular formula is C16H25IN4OS. The lowest BCUT2D eigenvalue weighted by Gasteiger charge is -2.40. The lowest BCUT2D eigenvalue weighted by molar-refractivity contribution is -0.119. The van der Waals surface area contributed by atoms with Gasteiger partial charge in [0.1, 0.15) is 0 Å². The molecule has 0 aromatic carbocycles. The minimum atomic E-state index is 0. The zero-order valence-electron chi connectivity index (χ0n) is 13.5. The molecule has 2 aliphatic heterocycles. The first kappa shape index (κ1) is 18.5. The number of halogens is 1. The van der Waals surface area contributed by atoms with Crippen LogP contribution in [0.25, 0.3) is 0 Å². The van der Waals surface area contributed by atoms with E-state index in [4.69, 9.17) is 0 Å². The summed E-state index contributed by atoms with van der Waals surface area (Å²) in [6.45, 7) is 3.65. The van der Waals surface area contributed by atoms with E-state index in [1.165, 1.54) is 4.88 Å². The van der Waals surface area contributed by atoms with E-state index in [0.29, 0.717) is 6.42 Å². The molecule has 1 atom stereocenters. The summed E-state index contributed by atoms with van der Waals surface area (Å²) in [7, 11) is 1.84. The Hall–Kier alpha value is -0.830. The maximum atomic E-state index is 11.6. The summed E-state index contributed by atoms with van der Waals surface area (Å²) >= 11 is 1.79. The highest BCUT2D eigenvalue weighted by Crippen LogP contribution is 2.35. The van der Waals surface area contributed by atoms with Crippen molar-refractivity contribution in [1.82, 2.24) is 15.5 Å². The van der Waals surface area contributed by atoms with Gasteiger partial charge in [-0.25, -0.2) is 0 Å². The van der Waals surface area contributed by atoms with Crippen LogP contribution < -0.4 is 10.6 Å². The normalized spacial score (nSPS) is 24.5. The van der Waals surface area contributed by atoms with E-state index in [1.807, 2.05) is 7.05 Å². The first-order chi connectivity index (χ1) is 10.7. The molecule has 1 unspecified atom stereocenters. The molecule has 23 heavy (non-hydrogen) atoms. The Morgan fingerprint density at radius 1 is 1.57 bits per heavy atom. The molecule has 2 saturated heterocycles.